The number of primary amides is 1. The van der Waals surface area contributed by atoms with E-state index < -0.39 is 37.4 Å². The first-order chi connectivity index (χ1) is 14.8. The fourth-order valence-corrected chi connectivity index (χ4v) is 5.48. The number of likely N-dealkylation sites (tertiary alicyclic amines) is 1. The molecule has 2 amide bonds. The molecular formula is C21H25FN3O5P. The molecule has 0 spiro atoms. The SMILES string of the molecule is NC(=O)CC[C@H](N)C(=O)N1C[C@@H](F)C[C@@H]1P(=O)(Oc1ccccc1)Oc1ccccc1. The summed E-state index contributed by atoms with van der Waals surface area (Å²) in [5.41, 5.74) is 11.0. The first kappa shape index (κ1) is 22.8. The maximum Gasteiger partial charge on any atom is 0.453 e. The van der Waals surface area contributed by atoms with Crippen LogP contribution in [0, 0.1) is 0 Å². The fraction of sp³-hybridized carbons (Fsp3) is 0.333. The lowest BCUT2D eigenvalue weighted by molar-refractivity contribution is -0.132. The highest BCUT2D eigenvalue weighted by Crippen LogP contribution is 2.57. The highest BCUT2D eigenvalue weighted by molar-refractivity contribution is 7.55. The number of hydrogen-bond donors (Lipinski definition) is 2. The van der Waals surface area contributed by atoms with Crippen molar-refractivity contribution < 1.29 is 27.6 Å². The second kappa shape index (κ2) is 9.94. The number of alkyl halides is 1. The number of para-hydroxylation sites is 2. The predicted octanol–water partition coefficient (Wildman–Crippen LogP) is 2.83. The molecule has 166 valence electrons. The van der Waals surface area contributed by atoms with Gasteiger partial charge in [0.2, 0.25) is 11.8 Å². The largest absolute Gasteiger partial charge is 0.453 e. The smallest absolute Gasteiger partial charge is 0.415 e. The molecule has 0 radical (unpaired) electrons. The normalized spacial score (nSPS) is 19.6. The highest BCUT2D eigenvalue weighted by Gasteiger charge is 2.51. The highest BCUT2D eigenvalue weighted by atomic mass is 31.2. The van der Waals surface area contributed by atoms with Gasteiger partial charge in [-0.1, -0.05) is 36.4 Å². The number of amides is 2. The standard InChI is InChI=1S/C21H25FN3O5P/c22-15-13-20(25(14-15)21(27)18(23)11-12-19(24)26)31(28,29-16-7-3-1-4-8-16)30-17-9-5-2-6-10-17/h1-10,15,18,20H,11-14,23H2,(H2,24,26)/t15-,18-,20-/m0/s1. The molecule has 2 aromatic rings. The number of rotatable bonds is 9. The second-order valence-corrected chi connectivity index (χ2v) is 9.31. The Bertz CT molecular complexity index is 901. The van der Waals surface area contributed by atoms with E-state index in [1.807, 2.05) is 0 Å². The Balaban J connectivity index is 1.90. The van der Waals surface area contributed by atoms with E-state index in [9.17, 15) is 18.5 Å². The molecule has 3 atom stereocenters. The Labute approximate surface area is 179 Å². The van der Waals surface area contributed by atoms with Crippen molar-refractivity contribution in [2.75, 3.05) is 6.54 Å². The summed E-state index contributed by atoms with van der Waals surface area (Å²) in [5, 5.41) is 0. The Morgan fingerprint density at radius 1 is 1.06 bits per heavy atom. The van der Waals surface area contributed by atoms with Crippen molar-refractivity contribution in [1.29, 1.82) is 0 Å². The average Bonchev–Trinajstić information content (AvgIpc) is 3.15. The molecule has 4 N–H and O–H groups in total. The molecule has 0 unspecified atom stereocenters. The average molecular weight is 449 g/mol. The first-order valence-electron chi connectivity index (χ1n) is 9.86. The van der Waals surface area contributed by atoms with Crippen molar-refractivity contribution in [1.82, 2.24) is 4.90 Å². The van der Waals surface area contributed by atoms with Crippen LogP contribution in [0.5, 0.6) is 11.5 Å². The van der Waals surface area contributed by atoms with Gasteiger partial charge in [-0.3, -0.25) is 9.59 Å². The fourth-order valence-electron chi connectivity index (χ4n) is 3.33. The molecule has 2 aromatic carbocycles. The van der Waals surface area contributed by atoms with Gasteiger partial charge in [0.1, 0.15) is 17.7 Å². The molecule has 1 saturated heterocycles. The Hall–Kier alpha value is -2.90. The van der Waals surface area contributed by atoms with Gasteiger partial charge in [0.05, 0.1) is 12.6 Å². The Morgan fingerprint density at radius 2 is 1.58 bits per heavy atom. The third-order valence-corrected chi connectivity index (χ3v) is 6.99. The molecule has 0 saturated carbocycles. The summed E-state index contributed by atoms with van der Waals surface area (Å²) in [4.78, 5) is 25.0. The summed E-state index contributed by atoms with van der Waals surface area (Å²) in [6.07, 6.45) is -1.75. The molecule has 1 heterocycles. The van der Waals surface area contributed by atoms with Crippen LogP contribution in [0.15, 0.2) is 60.7 Å². The Kier molecular flexibility index (Phi) is 7.30. The van der Waals surface area contributed by atoms with Gasteiger partial charge in [0, 0.05) is 12.8 Å². The van der Waals surface area contributed by atoms with E-state index >= 15 is 0 Å². The lowest BCUT2D eigenvalue weighted by atomic mass is 10.1. The van der Waals surface area contributed by atoms with Crippen LogP contribution >= 0.6 is 7.60 Å². The summed E-state index contributed by atoms with van der Waals surface area (Å²) in [7, 11) is -4.12. The molecule has 0 bridgehead atoms. The summed E-state index contributed by atoms with van der Waals surface area (Å²) in [5.74, 6) is -1.91. The van der Waals surface area contributed by atoms with Crippen molar-refractivity contribution >= 4 is 19.4 Å². The van der Waals surface area contributed by atoms with Crippen LogP contribution < -0.4 is 20.5 Å². The lowest BCUT2D eigenvalue weighted by Crippen LogP contribution is -2.47. The zero-order valence-electron chi connectivity index (χ0n) is 16.8. The predicted molar refractivity (Wildman–Crippen MR) is 113 cm³/mol. The van der Waals surface area contributed by atoms with Crippen LogP contribution in [0.4, 0.5) is 4.39 Å². The molecule has 0 aliphatic carbocycles. The molecule has 8 nitrogen and oxygen atoms in total. The number of carbonyl (C=O) groups is 2. The molecule has 1 aliphatic heterocycles. The first-order valence-corrected chi connectivity index (χ1v) is 11.5. The van der Waals surface area contributed by atoms with Gasteiger partial charge in [0.15, 0.2) is 5.78 Å². The van der Waals surface area contributed by atoms with Crippen molar-refractivity contribution in [2.24, 2.45) is 11.5 Å². The van der Waals surface area contributed by atoms with Crippen LogP contribution in [-0.2, 0) is 14.2 Å². The van der Waals surface area contributed by atoms with Gasteiger partial charge in [-0.2, -0.15) is 0 Å². The third kappa shape index (κ3) is 5.83. The number of hydrogen-bond acceptors (Lipinski definition) is 6. The van der Waals surface area contributed by atoms with Gasteiger partial charge in [0.25, 0.3) is 0 Å². The summed E-state index contributed by atoms with van der Waals surface area (Å²) in [6, 6.07) is 15.6. The molecule has 31 heavy (non-hydrogen) atoms. The molecule has 1 aliphatic rings. The van der Waals surface area contributed by atoms with E-state index in [0.29, 0.717) is 0 Å². The monoisotopic (exact) mass is 449 g/mol. The van der Waals surface area contributed by atoms with E-state index in [2.05, 4.69) is 0 Å². The van der Waals surface area contributed by atoms with Crippen molar-refractivity contribution in [3.05, 3.63) is 60.7 Å². The van der Waals surface area contributed by atoms with E-state index in [0.717, 1.165) is 4.90 Å². The summed E-state index contributed by atoms with van der Waals surface area (Å²) >= 11 is 0. The van der Waals surface area contributed by atoms with E-state index in [-0.39, 0.29) is 37.3 Å². The minimum absolute atomic E-state index is 0.00226. The van der Waals surface area contributed by atoms with Gasteiger partial charge in [-0.05, 0) is 30.7 Å². The van der Waals surface area contributed by atoms with E-state index in [1.165, 1.54) is 0 Å². The zero-order chi connectivity index (χ0) is 22.4. The van der Waals surface area contributed by atoms with Crippen molar-refractivity contribution in [2.45, 2.75) is 37.3 Å². The Morgan fingerprint density at radius 3 is 2.06 bits per heavy atom. The second-order valence-electron chi connectivity index (χ2n) is 7.26. The number of nitrogens with zero attached hydrogens (tertiary/aromatic N) is 1. The number of carbonyl (C=O) groups excluding carboxylic acids is 2. The topological polar surface area (TPSA) is 125 Å². The number of nitrogens with two attached hydrogens (primary N) is 2. The quantitative estimate of drug-likeness (QED) is 0.567. The maximum atomic E-state index is 14.4. The van der Waals surface area contributed by atoms with Crippen LogP contribution in [0.2, 0.25) is 0 Å². The van der Waals surface area contributed by atoms with E-state index in [4.69, 9.17) is 20.5 Å². The number of halogens is 1. The van der Waals surface area contributed by atoms with Gasteiger partial charge in [-0.25, -0.2) is 8.96 Å². The van der Waals surface area contributed by atoms with Gasteiger partial charge >= 0.3 is 7.60 Å². The van der Waals surface area contributed by atoms with Gasteiger partial charge < -0.3 is 25.4 Å². The van der Waals surface area contributed by atoms with Crippen LogP contribution in [0.25, 0.3) is 0 Å². The molecular weight excluding hydrogens is 424 g/mol. The molecule has 10 heteroatoms. The van der Waals surface area contributed by atoms with Crippen molar-refractivity contribution in [3.63, 3.8) is 0 Å². The summed E-state index contributed by atoms with van der Waals surface area (Å²) < 4.78 is 39.9. The minimum atomic E-state index is -4.12. The van der Waals surface area contributed by atoms with Crippen LogP contribution in [0.3, 0.4) is 0 Å². The summed E-state index contributed by atoms with van der Waals surface area (Å²) in [6.45, 7) is -0.298. The van der Waals surface area contributed by atoms with Crippen LogP contribution in [-0.4, -0.2) is 41.3 Å². The third-order valence-electron chi connectivity index (χ3n) is 4.84. The van der Waals surface area contributed by atoms with E-state index in [1.54, 1.807) is 60.7 Å². The number of benzene rings is 2. The zero-order valence-corrected chi connectivity index (χ0v) is 17.7. The van der Waals surface area contributed by atoms with Crippen molar-refractivity contribution in [3.8, 4) is 11.5 Å². The molecule has 0 aromatic heterocycles. The van der Waals surface area contributed by atoms with Gasteiger partial charge in [-0.15, -0.1) is 0 Å². The lowest BCUT2D eigenvalue weighted by Gasteiger charge is -2.32. The minimum Gasteiger partial charge on any atom is -0.415 e. The molecule has 3 rings (SSSR count). The van der Waals surface area contributed by atoms with Crippen LogP contribution in [0.1, 0.15) is 19.3 Å². The molecule has 1 fully saturated rings. The maximum absolute atomic E-state index is 14.4.